The molecule has 1 saturated heterocycles. The first kappa shape index (κ1) is 21.6. The zero-order valence-corrected chi connectivity index (χ0v) is 18.1. The number of aromatic amines is 1. The van der Waals surface area contributed by atoms with Crippen molar-refractivity contribution in [3.63, 3.8) is 0 Å². The van der Waals surface area contributed by atoms with E-state index in [0.29, 0.717) is 25.6 Å². The van der Waals surface area contributed by atoms with Gasteiger partial charge in [-0.15, -0.1) is 0 Å². The number of likely N-dealkylation sites (tertiary alicyclic amines) is 1. The molecule has 0 bridgehead atoms. The molecular weight excluding hydrogens is 406 g/mol. The predicted molar refractivity (Wildman–Crippen MR) is 122 cm³/mol. The van der Waals surface area contributed by atoms with E-state index in [9.17, 15) is 4.79 Å². The summed E-state index contributed by atoms with van der Waals surface area (Å²) in [6.45, 7) is 2.52. The molecule has 3 N–H and O–H groups in total. The van der Waals surface area contributed by atoms with E-state index in [2.05, 4.69) is 25.6 Å². The summed E-state index contributed by atoms with van der Waals surface area (Å²) in [5.74, 6) is 0.442. The topological polar surface area (TPSA) is 119 Å². The number of fused-ring (bicyclic) bond motifs is 1. The predicted octanol–water partition coefficient (Wildman–Crippen LogP) is 2.54. The van der Waals surface area contributed by atoms with Gasteiger partial charge in [0, 0.05) is 55.1 Å². The lowest BCUT2D eigenvalue weighted by Gasteiger charge is -2.34. The summed E-state index contributed by atoms with van der Waals surface area (Å²) in [6, 6.07) is 9.72. The zero-order chi connectivity index (χ0) is 22.3. The van der Waals surface area contributed by atoms with Crippen LogP contribution in [-0.2, 0) is 4.79 Å². The Morgan fingerprint density at radius 3 is 3.16 bits per heavy atom. The number of anilines is 1. The number of likely N-dealkylation sites (N-methyl/N-ethyl adjacent to an activating group) is 1. The van der Waals surface area contributed by atoms with E-state index in [0.717, 1.165) is 47.4 Å². The number of pyridine rings is 2. The van der Waals surface area contributed by atoms with Crippen molar-refractivity contribution in [1.29, 1.82) is 5.26 Å². The third kappa shape index (κ3) is 4.81. The number of carbonyl (C=O) groups excluding carboxylic acids is 1. The van der Waals surface area contributed by atoms with Crippen LogP contribution in [0.3, 0.4) is 0 Å². The molecule has 3 aromatic rings. The van der Waals surface area contributed by atoms with E-state index in [1.165, 1.54) is 0 Å². The Kier molecular flexibility index (Phi) is 6.82. The van der Waals surface area contributed by atoms with Crippen molar-refractivity contribution in [2.75, 3.05) is 38.6 Å². The number of H-pyrrole nitrogens is 1. The van der Waals surface area contributed by atoms with Crippen molar-refractivity contribution in [2.45, 2.75) is 25.3 Å². The summed E-state index contributed by atoms with van der Waals surface area (Å²) in [7, 11) is 1.88. The van der Waals surface area contributed by atoms with Gasteiger partial charge in [0.05, 0.1) is 17.5 Å². The molecule has 0 aliphatic carbocycles. The Hall–Kier alpha value is -3.64. The van der Waals surface area contributed by atoms with E-state index in [-0.39, 0.29) is 18.4 Å². The second kappa shape index (κ2) is 10.1. The number of nitriles is 1. The average molecular weight is 434 g/mol. The third-order valence-corrected chi connectivity index (χ3v) is 5.54. The summed E-state index contributed by atoms with van der Waals surface area (Å²) in [5.41, 5.74) is 3.34. The quantitative estimate of drug-likeness (QED) is 0.467. The lowest BCUT2D eigenvalue weighted by atomic mass is 10.0. The van der Waals surface area contributed by atoms with Gasteiger partial charge in [-0.1, -0.05) is 6.07 Å². The molecule has 1 atom stereocenters. The van der Waals surface area contributed by atoms with Crippen molar-refractivity contribution in [1.82, 2.24) is 25.2 Å². The van der Waals surface area contributed by atoms with Crippen LogP contribution in [0.1, 0.15) is 19.3 Å². The van der Waals surface area contributed by atoms with Crippen molar-refractivity contribution in [2.24, 2.45) is 0 Å². The molecule has 0 radical (unpaired) electrons. The van der Waals surface area contributed by atoms with Gasteiger partial charge in [0.2, 0.25) is 11.8 Å². The van der Waals surface area contributed by atoms with Gasteiger partial charge in [0.25, 0.3) is 0 Å². The molecule has 4 heterocycles. The Balaban J connectivity index is 1.62. The molecule has 0 aromatic carbocycles. The van der Waals surface area contributed by atoms with Gasteiger partial charge in [0.15, 0.2) is 0 Å². The number of hydrogen-bond acceptors (Lipinski definition) is 7. The zero-order valence-electron chi connectivity index (χ0n) is 18.1. The highest BCUT2D eigenvalue weighted by Gasteiger charge is 2.25. The summed E-state index contributed by atoms with van der Waals surface area (Å²) in [4.78, 5) is 26.4. The van der Waals surface area contributed by atoms with Crippen LogP contribution >= 0.6 is 0 Å². The molecule has 3 aromatic heterocycles. The minimum absolute atomic E-state index is 0.0701. The Labute approximate surface area is 186 Å². The fourth-order valence-corrected chi connectivity index (χ4v) is 3.97. The average Bonchev–Trinajstić information content (AvgIpc) is 3.29. The van der Waals surface area contributed by atoms with Crippen LogP contribution in [0.25, 0.3) is 22.3 Å². The van der Waals surface area contributed by atoms with Crippen LogP contribution in [0.4, 0.5) is 5.69 Å². The van der Waals surface area contributed by atoms with Crippen LogP contribution in [-0.4, -0.2) is 65.1 Å². The van der Waals surface area contributed by atoms with Gasteiger partial charge in [-0.2, -0.15) is 5.26 Å². The van der Waals surface area contributed by atoms with Crippen LogP contribution in [0, 0.1) is 11.3 Å². The Morgan fingerprint density at radius 2 is 2.31 bits per heavy atom. The van der Waals surface area contributed by atoms with Gasteiger partial charge in [-0.3, -0.25) is 4.79 Å². The highest BCUT2D eigenvalue weighted by molar-refractivity contribution is 5.97. The number of carbonyl (C=O) groups is 1. The van der Waals surface area contributed by atoms with Gasteiger partial charge in [0.1, 0.15) is 18.7 Å². The van der Waals surface area contributed by atoms with Crippen molar-refractivity contribution < 1.29 is 9.53 Å². The lowest BCUT2D eigenvalue weighted by Crippen LogP contribution is -2.45. The highest BCUT2D eigenvalue weighted by atomic mass is 16.5. The maximum absolute atomic E-state index is 12.2. The minimum Gasteiger partial charge on any atom is -0.476 e. The monoisotopic (exact) mass is 433 g/mol. The second-order valence-corrected chi connectivity index (χ2v) is 7.76. The molecule has 0 spiro atoms. The first-order chi connectivity index (χ1) is 15.7. The van der Waals surface area contributed by atoms with E-state index < -0.39 is 0 Å². The standard InChI is InChI=1S/C23H27N7O2/c1-25-11-13-32-20-6-2-5-19(29-20)18-14-27-23-17(8-10-26-23)22(18)28-16-4-3-12-30(15-16)21(31)7-9-24/h2,5-6,8,10,14,16,25H,3-4,7,11-13,15H2,1H3,(H2,26,27,28). The fraction of sp³-hybridized carbons (Fsp3) is 0.391. The van der Waals surface area contributed by atoms with Crippen molar-refractivity contribution >= 4 is 22.6 Å². The minimum atomic E-state index is -0.117. The van der Waals surface area contributed by atoms with Gasteiger partial charge in [-0.25, -0.2) is 9.97 Å². The number of aromatic nitrogens is 3. The maximum Gasteiger partial charge on any atom is 0.236 e. The molecule has 32 heavy (non-hydrogen) atoms. The molecule has 1 amide bonds. The Bertz CT molecular complexity index is 1120. The SMILES string of the molecule is CNCCOc1cccc(-c2cnc3[nH]ccc3c2NC2CCCN(C(=O)CC#N)C2)n1. The number of nitrogens with zero attached hydrogens (tertiary/aromatic N) is 4. The molecule has 9 nitrogen and oxygen atoms in total. The molecule has 166 valence electrons. The molecule has 1 fully saturated rings. The number of piperidine rings is 1. The molecule has 9 heteroatoms. The summed E-state index contributed by atoms with van der Waals surface area (Å²) in [5, 5.41) is 16.5. The molecular formula is C23H27N7O2. The number of rotatable bonds is 8. The molecule has 0 saturated carbocycles. The number of ether oxygens (including phenoxy) is 1. The highest BCUT2D eigenvalue weighted by Crippen LogP contribution is 2.34. The fourth-order valence-electron chi connectivity index (χ4n) is 3.97. The van der Waals surface area contributed by atoms with Gasteiger partial charge >= 0.3 is 0 Å². The van der Waals surface area contributed by atoms with E-state index >= 15 is 0 Å². The molecule has 1 aliphatic rings. The van der Waals surface area contributed by atoms with Crippen LogP contribution < -0.4 is 15.4 Å². The Morgan fingerprint density at radius 1 is 1.41 bits per heavy atom. The number of amides is 1. The summed E-state index contributed by atoms with van der Waals surface area (Å²) < 4.78 is 5.74. The molecule has 4 rings (SSSR count). The van der Waals surface area contributed by atoms with E-state index in [4.69, 9.17) is 10.00 Å². The molecule has 1 aliphatic heterocycles. The normalized spacial score (nSPS) is 16.0. The molecule has 1 unspecified atom stereocenters. The van der Waals surface area contributed by atoms with Crippen LogP contribution in [0.2, 0.25) is 0 Å². The van der Waals surface area contributed by atoms with Crippen LogP contribution in [0.15, 0.2) is 36.7 Å². The third-order valence-electron chi connectivity index (χ3n) is 5.54. The van der Waals surface area contributed by atoms with Gasteiger partial charge in [-0.05, 0) is 32.0 Å². The van der Waals surface area contributed by atoms with Crippen LogP contribution in [0.5, 0.6) is 5.88 Å². The van der Waals surface area contributed by atoms with E-state index in [1.807, 2.05) is 49.8 Å². The number of nitrogens with one attached hydrogen (secondary N) is 3. The first-order valence-electron chi connectivity index (χ1n) is 10.8. The summed E-state index contributed by atoms with van der Waals surface area (Å²) in [6.07, 6.45) is 5.41. The smallest absolute Gasteiger partial charge is 0.236 e. The maximum atomic E-state index is 12.2. The van der Waals surface area contributed by atoms with E-state index in [1.54, 1.807) is 4.90 Å². The van der Waals surface area contributed by atoms with Crippen molar-refractivity contribution in [3.8, 4) is 23.2 Å². The first-order valence-corrected chi connectivity index (χ1v) is 10.8. The summed E-state index contributed by atoms with van der Waals surface area (Å²) >= 11 is 0. The largest absolute Gasteiger partial charge is 0.476 e. The van der Waals surface area contributed by atoms with Gasteiger partial charge < -0.3 is 25.3 Å². The second-order valence-electron chi connectivity index (χ2n) is 7.76. The lowest BCUT2D eigenvalue weighted by molar-refractivity contribution is -0.131. The van der Waals surface area contributed by atoms with Crippen molar-refractivity contribution in [3.05, 3.63) is 36.7 Å². The number of hydrogen-bond donors (Lipinski definition) is 3.